The number of ether oxygens (including phenoxy) is 2. The SMILES string of the molecule is CCCCCCCCCCCCCCCCCCCCC(O)C(=O)NC(COC1OC(CO)C(O)C(O)C1O)C(O)C(O)CCCCCCCCCCC(C)CC. The van der Waals surface area contributed by atoms with E-state index in [1.807, 2.05) is 0 Å². The van der Waals surface area contributed by atoms with Gasteiger partial charge < -0.3 is 50.5 Å². The second-order valence-corrected chi connectivity index (χ2v) is 17.4. The molecule has 0 radical (unpaired) electrons. The minimum Gasteiger partial charge on any atom is -0.394 e. The van der Waals surface area contributed by atoms with Gasteiger partial charge in [0, 0.05) is 0 Å². The minimum atomic E-state index is -1.66. The highest BCUT2D eigenvalue weighted by Crippen LogP contribution is 2.23. The topological polar surface area (TPSA) is 189 Å². The Morgan fingerprint density at radius 3 is 1.46 bits per heavy atom. The van der Waals surface area contributed by atoms with Crippen LogP contribution in [0.1, 0.15) is 213 Å². The minimum absolute atomic E-state index is 0.265. The molecule has 0 saturated carbocycles. The van der Waals surface area contributed by atoms with Gasteiger partial charge in [-0.1, -0.05) is 201 Å². The summed E-state index contributed by atoms with van der Waals surface area (Å²) in [6.07, 6.45) is 23.0. The highest BCUT2D eigenvalue weighted by Gasteiger charge is 2.44. The average molecular weight is 818 g/mol. The number of aliphatic hydroxyl groups excluding tert-OH is 7. The van der Waals surface area contributed by atoms with E-state index < -0.39 is 74.2 Å². The summed E-state index contributed by atoms with van der Waals surface area (Å²) < 4.78 is 11.1. The highest BCUT2D eigenvalue weighted by atomic mass is 16.7. The quantitative estimate of drug-likeness (QED) is 0.0285. The van der Waals surface area contributed by atoms with Crippen LogP contribution >= 0.6 is 0 Å². The second-order valence-electron chi connectivity index (χ2n) is 17.4. The smallest absolute Gasteiger partial charge is 0.249 e. The number of carbonyl (C=O) groups is 1. The number of amides is 1. The molecule has 10 atom stereocenters. The van der Waals surface area contributed by atoms with Gasteiger partial charge in [-0.05, 0) is 18.8 Å². The molecule has 0 aromatic heterocycles. The molecule has 0 bridgehead atoms. The van der Waals surface area contributed by atoms with Crippen LogP contribution in [0.4, 0.5) is 0 Å². The lowest BCUT2D eigenvalue weighted by molar-refractivity contribution is -0.303. The Hall–Kier alpha value is -0.890. The maximum atomic E-state index is 13.1. The van der Waals surface area contributed by atoms with Crippen LogP contribution in [0.25, 0.3) is 0 Å². The maximum Gasteiger partial charge on any atom is 0.249 e. The van der Waals surface area contributed by atoms with E-state index in [-0.39, 0.29) is 6.42 Å². The highest BCUT2D eigenvalue weighted by molar-refractivity contribution is 5.80. The van der Waals surface area contributed by atoms with Gasteiger partial charge in [0.1, 0.15) is 36.6 Å². The van der Waals surface area contributed by atoms with Gasteiger partial charge in [-0.2, -0.15) is 0 Å². The lowest BCUT2D eigenvalue weighted by atomic mass is 9.98. The summed E-state index contributed by atoms with van der Waals surface area (Å²) in [6.45, 7) is 5.76. The van der Waals surface area contributed by atoms with E-state index in [2.05, 4.69) is 26.1 Å². The first-order valence-electron chi connectivity index (χ1n) is 23.8. The van der Waals surface area contributed by atoms with Crippen molar-refractivity contribution in [2.24, 2.45) is 5.92 Å². The van der Waals surface area contributed by atoms with Crippen molar-refractivity contribution in [3.8, 4) is 0 Å². The molecule has 1 saturated heterocycles. The number of nitrogens with one attached hydrogen (secondary N) is 1. The Bertz CT molecular complexity index is 912. The molecule has 11 nitrogen and oxygen atoms in total. The molecule has 8 N–H and O–H groups in total. The largest absolute Gasteiger partial charge is 0.394 e. The Morgan fingerprint density at radius 2 is 1.02 bits per heavy atom. The molecule has 1 fully saturated rings. The fourth-order valence-electron chi connectivity index (χ4n) is 7.83. The normalized spacial score (nSPS) is 22.6. The third-order valence-electron chi connectivity index (χ3n) is 12.2. The molecule has 340 valence electrons. The van der Waals surface area contributed by atoms with Gasteiger partial charge >= 0.3 is 0 Å². The molecule has 10 unspecified atom stereocenters. The molecule has 1 rings (SSSR count). The van der Waals surface area contributed by atoms with Crippen LogP contribution in [0.3, 0.4) is 0 Å². The number of rotatable bonds is 39. The van der Waals surface area contributed by atoms with Gasteiger partial charge in [0.15, 0.2) is 6.29 Å². The summed E-state index contributed by atoms with van der Waals surface area (Å²) in [7, 11) is 0. The Kier molecular flexibility index (Phi) is 34.0. The lowest BCUT2D eigenvalue weighted by Crippen LogP contribution is -2.60. The summed E-state index contributed by atoms with van der Waals surface area (Å²) in [4.78, 5) is 13.1. The van der Waals surface area contributed by atoms with E-state index in [1.165, 1.54) is 128 Å². The van der Waals surface area contributed by atoms with Crippen molar-refractivity contribution in [2.75, 3.05) is 13.2 Å². The summed E-state index contributed by atoms with van der Waals surface area (Å²) in [5, 5.41) is 75.7. The number of hydrogen-bond acceptors (Lipinski definition) is 10. The number of carbonyl (C=O) groups excluding carboxylic acids is 1. The molecule has 57 heavy (non-hydrogen) atoms. The zero-order valence-corrected chi connectivity index (χ0v) is 36.8. The predicted molar refractivity (Wildman–Crippen MR) is 229 cm³/mol. The number of aliphatic hydroxyl groups is 7. The molecule has 0 aromatic carbocycles. The van der Waals surface area contributed by atoms with E-state index in [0.717, 1.165) is 44.4 Å². The van der Waals surface area contributed by atoms with Gasteiger partial charge in [0.05, 0.1) is 25.4 Å². The van der Waals surface area contributed by atoms with Gasteiger partial charge in [-0.15, -0.1) is 0 Å². The van der Waals surface area contributed by atoms with Gasteiger partial charge in [0.25, 0.3) is 0 Å². The second kappa shape index (κ2) is 35.8. The monoisotopic (exact) mass is 818 g/mol. The van der Waals surface area contributed by atoms with Crippen LogP contribution < -0.4 is 5.32 Å². The summed E-state index contributed by atoms with van der Waals surface area (Å²) >= 11 is 0. The van der Waals surface area contributed by atoms with E-state index in [9.17, 15) is 40.5 Å². The van der Waals surface area contributed by atoms with Crippen LogP contribution in [0.5, 0.6) is 0 Å². The summed E-state index contributed by atoms with van der Waals surface area (Å²) in [5.41, 5.74) is 0. The molecule has 0 aromatic rings. The Balaban J connectivity index is 2.42. The molecule has 0 aliphatic carbocycles. The van der Waals surface area contributed by atoms with Crippen molar-refractivity contribution in [2.45, 2.75) is 268 Å². The van der Waals surface area contributed by atoms with Crippen LogP contribution in [-0.4, -0.2) is 110 Å². The van der Waals surface area contributed by atoms with Crippen molar-refractivity contribution in [3.63, 3.8) is 0 Å². The zero-order chi connectivity index (χ0) is 42.1. The van der Waals surface area contributed by atoms with E-state index in [1.54, 1.807) is 0 Å². The Labute approximate surface area is 348 Å². The molecule has 1 heterocycles. The fourth-order valence-corrected chi connectivity index (χ4v) is 7.83. The van der Waals surface area contributed by atoms with Crippen molar-refractivity contribution < 1.29 is 50.0 Å². The van der Waals surface area contributed by atoms with Gasteiger partial charge in [0.2, 0.25) is 5.91 Å². The first-order valence-corrected chi connectivity index (χ1v) is 23.8. The molecule has 1 amide bonds. The predicted octanol–water partition coefficient (Wildman–Crippen LogP) is 7.75. The van der Waals surface area contributed by atoms with Gasteiger partial charge in [-0.25, -0.2) is 0 Å². The van der Waals surface area contributed by atoms with E-state index in [0.29, 0.717) is 19.3 Å². The molecular formula is C46H91NO10. The van der Waals surface area contributed by atoms with Crippen molar-refractivity contribution in [1.82, 2.24) is 5.32 Å². The maximum absolute atomic E-state index is 13.1. The van der Waals surface area contributed by atoms with Crippen LogP contribution in [0, 0.1) is 5.92 Å². The third-order valence-corrected chi connectivity index (χ3v) is 12.2. The van der Waals surface area contributed by atoms with E-state index >= 15 is 0 Å². The van der Waals surface area contributed by atoms with Crippen molar-refractivity contribution >= 4 is 5.91 Å². The Morgan fingerprint density at radius 1 is 0.596 bits per heavy atom. The van der Waals surface area contributed by atoms with E-state index in [4.69, 9.17) is 9.47 Å². The van der Waals surface area contributed by atoms with Crippen molar-refractivity contribution in [3.05, 3.63) is 0 Å². The first kappa shape index (κ1) is 54.1. The molecule has 11 heteroatoms. The lowest BCUT2D eigenvalue weighted by Gasteiger charge is -2.40. The van der Waals surface area contributed by atoms with Crippen LogP contribution in [-0.2, 0) is 14.3 Å². The fraction of sp³-hybridized carbons (Fsp3) is 0.978. The summed E-state index contributed by atoms with van der Waals surface area (Å²) in [6, 6.07) is -1.16. The summed E-state index contributed by atoms with van der Waals surface area (Å²) in [5.74, 6) is 0.104. The number of unbranched alkanes of at least 4 members (excludes halogenated alkanes) is 24. The van der Waals surface area contributed by atoms with Crippen molar-refractivity contribution in [1.29, 1.82) is 0 Å². The zero-order valence-electron chi connectivity index (χ0n) is 36.8. The average Bonchev–Trinajstić information content (AvgIpc) is 3.21. The third kappa shape index (κ3) is 26.1. The number of hydrogen-bond donors (Lipinski definition) is 8. The molecule has 1 aliphatic heterocycles. The van der Waals surface area contributed by atoms with Crippen LogP contribution in [0.2, 0.25) is 0 Å². The molecular weight excluding hydrogens is 727 g/mol. The molecule has 0 spiro atoms. The molecule has 1 aliphatic rings. The van der Waals surface area contributed by atoms with Gasteiger partial charge in [-0.3, -0.25) is 4.79 Å². The first-order chi connectivity index (χ1) is 27.6. The van der Waals surface area contributed by atoms with Crippen LogP contribution in [0.15, 0.2) is 0 Å². The standard InChI is InChI=1S/C46H91NO10/c1-4-6-7-8-9-10-11-12-13-14-15-16-17-18-19-24-27-30-33-39(50)45(55)47-37(35-56-46-44(54)43(53)42(52)40(34-48)57-46)41(51)38(49)32-29-26-23-21-20-22-25-28-31-36(3)5-2/h36-44,46,48-54H,4-35H2,1-3H3,(H,47,55).